The smallest absolute Gasteiger partial charge is 0.273 e. The second-order valence-electron chi connectivity index (χ2n) is 5.05. The van der Waals surface area contributed by atoms with Crippen molar-refractivity contribution in [2.24, 2.45) is 5.92 Å². The highest BCUT2D eigenvalue weighted by molar-refractivity contribution is 9.11. The van der Waals surface area contributed by atoms with Gasteiger partial charge in [0.1, 0.15) is 5.82 Å². The van der Waals surface area contributed by atoms with Crippen molar-refractivity contribution in [2.45, 2.75) is 12.3 Å². The highest BCUT2D eigenvalue weighted by Gasteiger charge is 2.44. The summed E-state index contributed by atoms with van der Waals surface area (Å²) in [6, 6.07) is 9.60. The fraction of sp³-hybridized carbons (Fsp3) is 0.200. The minimum Gasteiger partial charge on any atom is -0.273 e. The molecule has 0 saturated heterocycles. The minimum atomic E-state index is -0.344. The monoisotopic (exact) mass is 382 g/mol. The summed E-state index contributed by atoms with van der Waals surface area (Å²) >= 11 is 4.57. The zero-order valence-corrected chi connectivity index (χ0v) is 13.7. The largest absolute Gasteiger partial charge is 0.279 e. The third-order valence-corrected chi connectivity index (χ3v) is 5.14. The molecule has 1 aliphatic carbocycles. The Hall–Kier alpha value is -1.73. The average molecular weight is 383 g/mol. The summed E-state index contributed by atoms with van der Waals surface area (Å²) < 4.78 is 13.7. The first-order valence-corrected chi connectivity index (χ1v) is 8.26. The normalized spacial score (nSPS) is 19.5. The molecule has 0 spiro atoms. The summed E-state index contributed by atoms with van der Waals surface area (Å²) in [4.78, 5) is 24.3. The van der Waals surface area contributed by atoms with E-state index < -0.39 is 0 Å². The molecule has 2 N–H and O–H groups in total. The van der Waals surface area contributed by atoms with E-state index in [4.69, 9.17) is 0 Å². The summed E-state index contributed by atoms with van der Waals surface area (Å²) in [5.74, 6) is -0.949. The van der Waals surface area contributed by atoms with Crippen molar-refractivity contribution in [2.75, 3.05) is 0 Å². The summed E-state index contributed by atoms with van der Waals surface area (Å²) in [6.45, 7) is 0. The predicted octanol–water partition coefficient (Wildman–Crippen LogP) is 3.21. The second kappa shape index (κ2) is 6.18. The number of hydrogen-bond acceptors (Lipinski definition) is 3. The Morgan fingerprint density at radius 1 is 1.14 bits per heavy atom. The van der Waals surface area contributed by atoms with Crippen LogP contribution in [0.1, 0.15) is 27.6 Å². The maximum Gasteiger partial charge on any atom is 0.279 e. The lowest BCUT2D eigenvalue weighted by Gasteiger charge is -2.06. The van der Waals surface area contributed by atoms with Crippen molar-refractivity contribution in [1.82, 2.24) is 10.9 Å². The molecule has 4 nitrogen and oxygen atoms in total. The Morgan fingerprint density at radius 2 is 1.86 bits per heavy atom. The molecule has 1 aliphatic rings. The van der Waals surface area contributed by atoms with Crippen LogP contribution in [0.25, 0.3) is 0 Å². The molecule has 2 atom stereocenters. The molecule has 0 bridgehead atoms. The van der Waals surface area contributed by atoms with E-state index >= 15 is 0 Å². The molecule has 1 fully saturated rings. The van der Waals surface area contributed by atoms with E-state index in [2.05, 4.69) is 26.8 Å². The van der Waals surface area contributed by atoms with Gasteiger partial charge in [-0.1, -0.05) is 12.1 Å². The predicted molar refractivity (Wildman–Crippen MR) is 84.9 cm³/mol. The van der Waals surface area contributed by atoms with Gasteiger partial charge in [0.15, 0.2) is 0 Å². The van der Waals surface area contributed by atoms with Crippen molar-refractivity contribution in [1.29, 1.82) is 0 Å². The van der Waals surface area contributed by atoms with E-state index in [0.29, 0.717) is 11.3 Å². The molecule has 7 heteroatoms. The van der Waals surface area contributed by atoms with Crippen LogP contribution in [0.3, 0.4) is 0 Å². The van der Waals surface area contributed by atoms with Crippen LogP contribution < -0.4 is 10.9 Å². The van der Waals surface area contributed by atoms with Crippen LogP contribution in [0.15, 0.2) is 40.2 Å². The Kier molecular flexibility index (Phi) is 4.26. The fourth-order valence-electron chi connectivity index (χ4n) is 2.27. The van der Waals surface area contributed by atoms with Gasteiger partial charge >= 0.3 is 0 Å². The van der Waals surface area contributed by atoms with Crippen LogP contribution in [0.4, 0.5) is 4.39 Å². The summed E-state index contributed by atoms with van der Waals surface area (Å²) in [5, 5.41) is 0. The molecule has 2 unspecified atom stereocenters. The van der Waals surface area contributed by atoms with Crippen molar-refractivity contribution < 1.29 is 14.0 Å². The van der Waals surface area contributed by atoms with Crippen LogP contribution in [0, 0.1) is 11.7 Å². The van der Waals surface area contributed by atoms with Crippen molar-refractivity contribution >= 4 is 39.1 Å². The topological polar surface area (TPSA) is 58.2 Å². The van der Waals surface area contributed by atoms with Gasteiger partial charge in [0.2, 0.25) is 5.91 Å². The van der Waals surface area contributed by atoms with Crippen molar-refractivity contribution in [3.63, 3.8) is 0 Å². The lowest BCUT2D eigenvalue weighted by atomic mass is 10.1. The Balaban J connectivity index is 1.51. The number of benzene rings is 1. The van der Waals surface area contributed by atoms with Crippen LogP contribution >= 0.6 is 27.3 Å². The minimum absolute atomic E-state index is 0.0911. The molecule has 0 aliphatic heterocycles. The SMILES string of the molecule is O=C(NNC(=O)C1CC1c1ccc(F)cc1)c1ccc(Br)s1. The van der Waals surface area contributed by atoms with Crippen LogP contribution in [-0.4, -0.2) is 11.8 Å². The third kappa shape index (κ3) is 3.36. The average Bonchev–Trinajstić information content (AvgIpc) is 3.19. The summed E-state index contributed by atoms with van der Waals surface area (Å²) in [5.41, 5.74) is 5.79. The highest BCUT2D eigenvalue weighted by atomic mass is 79.9. The molecule has 3 rings (SSSR count). The fourth-order valence-corrected chi connectivity index (χ4v) is 3.55. The molecule has 2 amide bonds. The lowest BCUT2D eigenvalue weighted by molar-refractivity contribution is -0.123. The second-order valence-corrected chi connectivity index (χ2v) is 7.51. The van der Waals surface area contributed by atoms with Gasteiger partial charge in [-0.25, -0.2) is 4.39 Å². The van der Waals surface area contributed by atoms with E-state index in [-0.39, 0.29) is 29.5 Å². The molecule has 0 radical (unpaired) electrons. The number of rotatable bonds is 3. The maximum absolute atomic E-state index is 12.9. The summed E-state index contributed by atoms with van der Waals surface area (Å²) in [7, 11) is 0. The van der Waals surface area contributed by atoms with E-state index in [1.807, 2.05) is 0 Å². The number of thiophene rings is 1. The maximum atomic E-state index is 12.9. The van der Waals surface area contributed by atoms with Gasteiger partial charge in [-0.05, 0) is 58.1 Å². The quantitative estimate of drug-likeness (QED) is 0.800. The van der Waals surface area contributed by atoms with Gasteiger partial charge in [0, 0.05) is 5.92 Å². The Bertz CT molecular complexity index is 717. The van der Waals surface area contributed by atoms with Crippen LogP contribution in [0.5, 0.6) is 0 Å². The molecular formula is C15H12BrFN2O2S. The van der Waals surface area contributed by atoms with Crippen molar-refractivity contribution in [3.05, 3.63) is 56.4 Å². The molecule has 1 heterocycles. The Morgan fingerprint density at radius 3 is 2.50 bits per heavy atom. The molecule has 22 heavy (non-hydrogen) atoms. The molecule has 1 saturated carbocycles. The van der Waals surface area contributed by atoms with E-state index in [9.17, 15) is 14.0 Å². The first-order valence-electron chi connectivity index (χ1n) is 6.65. The Labute approximate surface area is 138 Å². The highest BCUT2D eigenvalue weighted by Crippen LogP contribution is 2.47. The zero-order chi connectivity index (χ0) is 15.7. The number of carbonyl (C=O) groups excluding carboxylic acids is 2. The van der Waals surface area contributed by atoms with Gasteiger partial charge in [0.25, 0.3) is 5.91 Å². The lowest BCUT2D eigenvalue weighted by Crippen LogP contribution is -2.42. The van der Waals surface area contributed by atoms with E-state index in [1.165, 1.54) is 23.5 Å². The van der Waals surface area contributed by atoms with Crippen LogP contribution in [-0.2, 0) is 4.79 Å². The van der Waals surface area contributed by atoms with Gasteiger partial charge in [-0.3, -0.25) is 20.4 Å². The standard InChI is InChI=1S/C15H12BrFN2O2S/c16-13-6-5-12(22-13)15(21)19-18-14(20)11-7-10(11)8-1-3-9(17)4-2-8/h1-6,10-11H,7H2,(H,18,20)(H,19,21). The third-order valence-electron chi connectivity index (χ3n) is 3.52. The molecular weight excluding hydrogens is 371 g/mol. The number of nitrogens with one attached hydrogen (secondary N) is 2. The number of hydrazine groups is 1. The first kappa shape index (κ1) is 15.2. The van der Waals surface area contributed by atoms with Gasteiger partial charge < -0.3 is 0 Å². The molecule has 2 aromatic rings. The number of halogens is 2. The number of hydrogen-bond donors (Lipinski definition) is 2. The number of carbonyl (C=O) groups is 2. The number of amides is 2. The molecule has 1 aromatic carbocycles. The van der Waals surface area contributed by atoms with Crippen LogP contribution in [0.2, 0.25) is 0 Å². The van der Waals surface area contributed by atoms with E-state index in [0.717, 1.165) is 9.35 Å². The molecule has 1 aromatic heterocycles. The van der Waals surface area contributed by atoms with E-state index in [1.54, 1.807) is 24.3 Å². The van der Waals surface area contributed by atoms with Gasteiger partial charge in [-0.15, -0.1) is 11.3 Å². The van der Waals surface area contributed by atoms with Gasteiger partial charge in [-0.2, -0.15) is 0 Å². The molecule has 114 valence electrons. The first-order chi connectivity index (χ1) is 10.5. The zero-order valence-electron chi connectivity index (χ0n) is 11.3. The summed E-state index contributed by atoms with van der Waals surface area (Å²) in [6.07, 6.45) is 0.706. The van der Waals surface area contributed by atoms with Crippen molar-refractivity contribution in [3.8, 4) is 0 Å². The van der Waals surface area contributed by atoms with Gasteiger partial charge in [0.05, 0.1) is 8.66 Å².